The number of ether oxygens (including phenoxy) is 1. The molecular formula is C11H17NO. The fourth-order valence-corrected chi connectivity index (χ4v) is 1.25. The zero-order chi connectivity index (χ0) is 9.52. The lowest BCUT2D eigenvalue weighted by Crippen LogP contribution is -2.16. The van der Waals surface area contributed by atoms with Gasteiger partial charge in [-0.15, -0.1) is 0 Å². The number of benzene rings is 1. The molecule has 0 unspecified atom stereocenters. The van der Waals surface area contributed by atoms with E-state index in [1.165, 1.54) is 5.56 Å². The smallest absolute Gasteiger partial charge is 0.123 e. The molecule has 13 heavy (non-hydrogen) atoms. The predicted molar refractivity (Wildman–Crippen MR) is 55.0 cm³/mol. The SMILES string of the molecule is CC.c1ccc2c(c1)CNCCO2. The second-order valence-electron chi connectivity index (χ2n) is 2.63. The predicted octanol–water partition coefficient (Wildman–Crippen LogP) is 2.19. The number of hydrogen-bond donors (Lipinski definition) is 1. The third kappa shape index (κ3) is 2.74. The molecule has 0 amide bonds. The molecule has 2 heteroatoms. The lowest BCUT2D eigenvalue weighted by molar-refractivity contribution is 0.326. The van der Waals surface area contributed by atoms with Gasteiger partial charge in [-0.2, -0.15) is 0 Å². The lowest BCUT2D eigenvalue weighted by Gasteiger charge is -2.03. The highest BCUT2D eigenvalue weighted by atomic mass is 16.5. The Morgan fingerprint density at radius 2 is 2.00 bits per heavy atom. The minimum absolute atomic E-state index is 0.775. The van der Waals surface area contributed by atoms with E-state index in [4.69, 9.17) is 4.74 Å². The van der Waals surface area contributed by atoms with E-state index in [1.54, 1.807) is 0 Å². The quantitative estimate of drug-likeness (QED) is 0.659. The molecule has 0 radical (unpaired) electrons. The van der Waals surface area contributed by atoms with Crippen LogP contribution in [-0.4, -0.2) is 13.2 Å². The molecule has 1 aromatic carbocycles. The van der Waals surface area contributed by atoms with Crippen molar-refractivity contribution in [1.82, 2.24) is 5.32 Å². The van der Waals surface area contributed by atoms with Crippen LogP contribution in [0.3, 0.4) is 0 Å². The average molecular weight is 179 g/mol. The Kier molecular flexibility index (Phi) is 4.33. The molecule has 0 fully saturated rings. The Balaban J connectivity index is 0.000000396. The van der Waals surface area contributed by atoms with Gasteiger partial charge in [-0.05, 0) is 6.07 Å². The van der Waals surface area contributed by atoms with Crippen LogP contribution < -0.4 is 10.1 Å². The van der Waals surface area contributed by atoms with E-state index < -0.39 is 0 Å². The van der Waals surface area contributed by atoms with Gasteiger partial charge in [0.15, 0.2) is 0 Å². The first kappa shape index (κ1) is 10.1. The summed E-state index contributed by atoms with van der Waals surface area (Å²) in [5, 5.41) is 3.28. The van der Waals surface area contributed by atoms with Crippen molar-refractivity contribution in [2.24, 2.45) is 0 Å². The minimum Gasteiger partial charge on any atom is -0.492 e. The Morgan fingerprint density at radius 3 is 2.85 bits per heavy atom. The normalized spacial score (nSPS) is 14.3. The average Bonchev–Trinajstić information content (AvgIpc) is 2.45. The van der Waals surface area contributed by atoms with Crippen LogP contribution in [0.2, 0.25) is 0 Å². The maximum Gasteiger partial charge on any atom is 0.123 e. The van der Waals surface area contributed by atoms with Gasteiger partial charge in [0.25, 0.3) is 0 Å². The van der Waals surface area contributed by atoms with E-state index in [2.05, 4.69) is 11.4 Å². The monoisotopic (exact) mass is 179 g/mol. The summed E-state index contributed by atoms with van der Waals surface area (Å²) in [6, 6.07) is 8.15. The third-order valence-corrected chi connectivity index (χ3v) is 1.82. The molecule has 2 rings (SSSR count). The van der Waals surface area contributed by atoms with Crippen LogP contribution >= 0.6 is 0 Å². The van der Waals surface area contributed by atoms with Gasteiger partial charge in [0.1, 0.15) is 12.4 Å². The van der Waals surface area contributed by atoms with E-state index in [0.717, 1.165) is 25.4 Å². The number of nitrogens with one attached hydrogen (secondary N) is 1. The molecule has 1 aliphatic rings. The van der Waals surface area contributed by atoms with Crippen LogP contribution in [-0.2, 0) is 6.54 Å². The van der Waals surface area contributed by atoms with Crippen molar-refractivity contribution in [2.75, 3.05) is 13.2 Å². The van der Waals surface area contributed by atoms with Gasteiger partial charge in [-0.25, -0.2) is 0 Å². The molecule has 1 N–H and O–H groups in total. The molecule has 1 aromatic rings. The summed E-state index contributed by atoms with van der Waals surface area (Å²) in [7, 11) is 0. The lowest BCUT2D eigenvalue weighted by atomic mass is 10.2. The van der Waals surface area contributed by atoms with Crippen molar-refractivity contribution in [2.45, 2.75) is 20.4 Å². The summed E-state index contributed by atoms with van der Waals surface area (Å²) in [5.74, 6) is 1.03. The number of fused-ring (bicyclic) bond motifs is 1. The summed E-state index contributed by atoms with van der Waals surface area (Å²) >= 11 is 0. The molecule has 0 bridgehead atoms. The van der Waals surface area contributed by atoms with Crippen LogP contribution in [0.25, 0.3) is 0 Å². The molecule has 0 aromatic heterocycles. The Bertz CT molecular complexity index is 223. The van der Waals surface area contributed by atoms with E-state index in [0.29, 0.717) is 0 Å². The highest BCUT2D eigenvalue weighted by Crippen LogP contribution is 2.18. The van der Waals surface area contributed by atoms with Gasteiger partial charge in [-0.3, -0.25) is 0 Å². The summed E-state index contributed by atoms with van der Waals surface area (Å²) < 4.78 is 5.49. The summed E-state index contributed by atoms with van der Waals surface area (Å²) in [6.07, 6.45) is 0. The number of para-hydroxylation sites is 1. The Hall–Kier alpha value is -1.02. The molecule has 0 atom stereocenters. The molecule has 72 valence electrons. The Morgan fingerprint density at radius 1 is 1.23 bits per heavy atom. The maximum atomic E-state index is 5.49. The molecule has 0 aliphatic carbocycles. The summed E-state index contributed by atoms with van der Waals surface area (Å²) in [6.45, 7) is 6.64. The summed E-state index contributed by atoms with van der Waals surface area (Å²) in [4.78, 5) is 0. The van der Waals surface area contributed by atoms with Gasteiger partial charge < -0.3 is 10.1 Å². The maximum absolute atomic E-state index is 5.49. The zero-order valence-electron chi connectivity index (χ0n) is 8.34. The van der Waals surface area contributed by atoms with Crippen molar-refractivity contribution >= 4 is 0 Å². The molecule has 1 heterocycles. The van der Waals surface area contributed by atoms with Crippen molar-refractivity contribution in [3.8, 4) is 5.75 Å². The van der Waals surface area contributed by atoms with Gasteiger partial charge in [0, 0.05) is 18.7 Å². The van der Waals surface area contributed by atoms with Crippen LogP contribution in [0.15, 0.2) is 24.3 Å². The first-order valence-electron chi connectivity index (χ1n) is 4.88. The van der Waals surface area contributed by atoms with Crippen molar-refractivity contribution < 1.29 is 4.74 Å². The molecular weight excluding hydrogens is 162 g/mol. The molecule has 1 aliphatic heterocycles. The summed E-state index contributed by atoms with van der Waals surface area (Å²) in [5.41, 5.74) is 1.25. The van der Waals surface area contributed by atoms with Gasteiger partial charge in [-0.1, -0.05) is 32.0 Å². The molecule has 0 saturated carbocycles. The number of hydrogen-bond acceptors (Lipinski definition) is 2. The zero-order valence-corrected chi connectivity index (χ0v) is 8.34. The number of rotatable bonds is 0. The van der Waals surface area contributed by atoms with Crippen molar-refractivity contribution in [3.05, 3.63) is 29.8 Å². The van der Waals surface area contributed by atoms with E-state index >= 15 is 0 Å². The highest BCUT2D eigenvalue weighted by Gasteiger charge is 2.05. The minimum atomic E-state index is 0.775. The molecule has 2 nitrogen and oxygen atoms in total. The van der Waals surface area contributed by atoms with Crippen LogP contribution in [0.5, 0.6) is 5.75 Å². The second-order valence-corrected chi connectivity index (χ2v) is 2.63. The van der Waals surface area contributed by atoms with Gasteiger partial charge >= 0.3 is 0 Å². The van der Waals surface area contributed by atoms with Crippen LogP contribution in [0.4, 0.5) is 0 Å². The molecule has 0 spiro atoms. The Labute approximate surface area is 79.9 Å². The van der Waals surface area contributed by atoms with E-state index in [1.807, 2.05) is 32.0 Å². The fourth-order valence-electron chi connectivity index (χ4n) is 1.25. The van der Waals surface area contributed by atoms with Crippen molar-refractivity contribution in [1.29, 1.82) is 0 Å². The standard InChI is InChI=1S/C9H11NO.C2H6/c1-2-4-9-8(3-1)7-10-5-6-11-9;1-2/h1-4,10H,5-7H2;1-2H3. The van der Waals surface area contributed by atoms with Crippen molar-refractivity contribution in [3.63, 3.8) is 0 Å². The van der Waals surface area contributed by atoms with Crippen LogP contribution in [0, 0.1) is 0 Å². The van der Waals surface area contributed by atoms with E-state index in [9.17, 15) is 0 Å². The highest BCUT2D eigenvalue weighted by molar-refractivity contribution is 5.33. The van der Waals surface area contributed by atoms with Crippen LogP contribution in [0.1, 0.15) is 19.4 Å². The largest absolute Gasteiger partial charge is 0.492 e. The first-order chi connectivity index (χ1) is 6.47. The third-order valence-electron chi connectivity index (χ3n) is 1.82. The van der Waals surface area contributed by atoms with E-state index in [-0.39, 0.29) is 0 Å². The second kappa shape index (κ2) is 5.60. The van der Waals surface area contributed by atoms with Gasteiger partial charge in [0.2, 0.25) is 0 Å². The fraction of sp³-hybridized carbons (Fsp3) is 0.455. The first-order valence-corrected chi connectivity index (χ1v) is 4.88. The topological polar surface area (TPSA) is 21.3 Å². The molecule has 0 saturated heterocycles. The van der Waals surface area contributed by atoms with Gasteiger partial charge in [0.05, 0.1) is 0 Å².